The molecule has 27 heavy (non-hydrogen) atoms. The molecule has 142 valence electrons. The molecule has 5 nitrogen and oxygen atoms in total. The van der Waals surface area contributed by atoms with Crippen molar-refractivity contribution in [2.45, 2.75) is 19.1 Å². The minimum Gasteiger partial charge on any atom is -0.484 e. The van der Waals surface area contributed by atoms with E-state index in [9.17, 15) is 18.0 Å². The van der Waals surface area contributed by atoms with E-state index in [1.54, 1.807) is 31.2 Å². The lowest BCUT2D eigenvalue weighted by atomic mass is 10.2. The Morgan fingerprint density at radius 3 is 2.63 bits per heavy atom. The maximum Gasteiger partial charge on any atom is 0.422 e. The van der Waals surface area contributed by atoms with Crippen molar-refractivity contribution in [3.63, 3.8) is 0 Å². The van der Waals surface area contributed by atoms with Gasteiger partial charge in [-0.05, 0) is 31.2 Å². The largest absolute Gasteiger partial charge is 0.484 e. The van der Waals surface area contributed by atoms with E-state index in [2.05, 4.69) is 4.98 Å². The van der Waals surface area contributed by atoms with Crippen LogP contribution in [0.4, 0.5) is 13.2 Å². The molecule has 0 aliphatic heterocycles. The smallest absolute Gasteiger partial charge is 0.422 e. The molecule has 3 aromatic rings. The summed E-state index contributed by atoms with van der Waals surface area (Å²) in [4.78, 5) is 17.5. The van der Waals surface area contributed by atoms with Crippen molar-refractivity contribution in [1.82, 2.24) is 9.55 Å². The van der Waals surface area contributed by atoms with Crippen molar-refractivity contribution in [3.05, 3.63) is 63.7 Å². The van der Waals surface area contributed by atoms with E-state index in [1.165, 1.54) is 22.8 Å². The highest BCUT2D eigenvalue weighted by atomic mass is 35.5. The molecular formula is C18H15ClF3N3O2. The third kappa shape index (κ3) is 4.06. The van der Waals surface area contributed by atoms with Gasteiger partial charge in [0.25, 0.3) is 5.56 Å². The van der Waals surface area contributed by atoms with Gasteiger partial charge in [-0.2, -0.15) is 13.2 Å². The van der Waals surface area contributed by atoms with Crippen LogP contribution in [0.15, 0.2) is 47.3 Å². The van der Waals surface area contributed by atoms with Crippen LogP contribution in [0.1, 0.15) is 18.8 Å². The first-order chi connectivity index (χ1) is 12.7. The standard InChI is InChI=1S/C18H15ClF3N3O2/c1-10(23)16-24-14-7-3-6-13(19)15(14)17(26)25(16)11-4-2-5-12(8-11)27-9-18(20,21)22/h2-8,10H,9,23H2,1H3/t10-/m0/s1. The van der Waals surface area contributed by atoms with Gasteiger partial charge in [0.2, 0.25) is 0 Å². The van der Waals surface area contributed by atoms with Crippen molar-refractivity contribution >= 4 is 22.5 Å². The molecule has 1 aromatic heterocycles. The van der Waals surface area contributed by atoms with E-state index in [-0.39, 0.29) is 27.7 Å². The van der Waals surface area contributed by atoms with Gasteiger partial charge in [0.1, 0.15) is 11.6 Å². The van der Waals surface area contributed by atoms with Crippen LogP contribution in [-0.2, 0) is 0 Å². The fraction of sp³-hybridized carbons (Fsp3) is 0.222. The number of hydrogen-bond donors (Lipinski definition) is 1. The number of nitrogens with zero attached hydrogens (tertiary/aromatic N) is 2. The predicted molar refractivity (Wildman–Crippen MR) is 96.5 cm³/mol. The summed E-state index contributed by atoms with van der Waals surface area (Å²) in [6, 6.07) is 9.98. The summed E-state index contributed by atoms with van der Waals surface area (Å²) in [5.74, 6) is 0.217. The number of ether oxygens (including phenoxy) is 1. The van der Waals surface area contributed by atoms with E-state index in [0.29, 0.717) is 5.52 Å². The van der Waals surface area contributed by atoms with E-state index >= 15 is 0 Å². The maximum absolute atomic E-state index is 13.1. The number of fused-ring (bicyclic) bond motifs is 1. The summed E-state index contributed by atoms with van der Waals surface area (Å²) < 4.78 is 43.2. The number of alkyl halides is 3. The van der Waals surface area contributed by atoms with Crippen molar-refractivity contribution in [1.29, 1.82) is 0 Å². The lowest BCUT2D eigenvalue weighted by Crippen LogP contribution is -2.27. The first-order valence-electron chi connectivity index (χ1n) is 7.94. The number of halogens is 4. The third-order valence-electron chi connectivity index (χ3n) is 3.76. The summed E-state index contributed by atoms with van der Waals surface area (Å²) in [6.45, 7) is 0.214. The van der Waals surface area contributed by atoms with Crippen molar-refractivity contribution in [3.8, 4) is 11.4 Å². The van der Waals surface area contributed by atoms with Crippen LogP contribution in [0, 0.1) is 0 Å². The molecule has 0 aliphatic carbocycles. The second kappa shape index (κ2) is 7.21. The molecule has 0 saturated carbocycles. The van der Waals surface area contributed by atoms with Gasteiger partial charge < -0.3 is 10.5 Å². The quantitative estimate of drug-likeness (QED) is 0.722. The minimum atomic E-state index is -4.47. The summed E-state index contributed by atoms with van der Waals surface area (Å²) >= 11 is 6.15. The Labute approximate surface area is 157 Å². The lowest BCUT2D eigenvalue weighted by Gasteiger charge is -2.17. The highest BCUT2D eigenvalue weighted by Gasteiger charge is 2.28. The van der Waals surface area contributed by atoms with E-state index in [1.807, 2.05) is 0 Å². The summed E-state index contributed by atoms with van der Waals surface area (Å²) in [7, 11) is 0. The molecule has 0 aliphatic rings. The molecule has 1 heterocycles. The predicted octanol–water partition coefficient (Wildman–Crippen LogP) is 4.00. The van der Waals surface area contributed by atoms with Gasteiger partial charge in [0.05, 0.1) is 27.7 Å². The summed E-state index contributed by atoms with van der Waals surface area (Å²) in [5, 5.41) is 0.421. The normalized spacial score (nSPS) is 13.0. The molecule has 2 aromatic carbocycles. The highest BCUT2D eigenvalue weighted by Crippen LogP contribution is 2.24. The topological polar surface area (TPSA) is 70.1 Å². The second-order valence-corrected chi connectivity index (χ2v) is 6.34. The van der Waals surface area contributed by atoms with Crippen LogP contribution in [0.25, 0.3) is 16.6 Å². The SMILES string of the molecule is C[C@H](N)c1nc2cccc(Cl)c2c(=O)n1-c1cccc(OCC(F)(F)F)c1. The maximum atomic E-state index is 13.1. The minimum absolute atomic E-state index is 0.0356. The molecular weight excluding hydrogens is 383 g/mol. The molecule has 0 radical (unpaired) electrons. The Hall–Kier alpha value is -2.58. The van der Waals surface area contributed by atoms with Gasteiger partial charge in [-0.1, -0.05) is 23.7 Å². The number of benzene rings is 2. The Kier molecular flexibility index (Phi) is 5.12. The number of hydrogen-bond acceptors (Lipinski definition) is 4. The summed E-state index contributed by atoms with van der Waals surface area (Å²) in [5.41, 5.74) is 6.17. The molecule has 0 fully saturated rings. The molecule has 0 spiro atoms. The van der Waals surface area contributed by atoms with E-state index in [0.717, 1.165) is 0 Å². The average Bonchev–Trinajstić information content (AvgIpc) is 2.59. The van der Waals surface area contributed by atoms with Crippen LogP contribution in [0.5, 0.6) is 5.75 Å². The lowest BCUT2D eigenvalue weighted by molar-refractivity contribution is -0.153. The highest BCUT2D eigenvalue weighted by molar-refractivity contribution is 6.35. The Bertz CT molecular complexity index is 1050. The molecule has 0 amide bonds. The molecule has 0 saturated heterocycles. The van der Waals surface area contributed by atoms with Crippen LogP contribution < -0.4 is 16.0 Å². The number of aromatic nitrogens is 2. The van der Waals surface area contributed by atoms with Crippen molar-refractivity contribution < 1.29 is 17.9 Å². The van der Waals surface area contributed by atoms with Gasteiger partial charge in [-0.25, -0.2) is 4.98 Å². The van der Waals surface area contributed by atoms with Crippen LogP contribution in [0.2, 0.25) is 5.02 Å². The van der Waals surface area contributed by atoms with Gasteiger partial charge in [0, 0.05) is 6.07 Å². The zero-order valence-corrected chi connectivity index (χ0v) is 14.9. The molecule has 9 heteroatoms. The van der Waals surface area contributed by atoms with Crippen LogP contribution in [-0.4, -0.2) is 22.3 Å². The van der Waals surface area contributed by atoms with Gasteiger partial charge in [-0.15, -0.1) is 0 Å². The average molecular weight is 398 g/mol. The second-order valence-electron chi connectivity index (χ2n) is 5.93. The van der Waals surface area contributed by atoms with E-state index in [4.69, 9.17) is 22.1 Å². The van der Waals surface area contributed by atoms with Gasteiger partial charge in [0.15, 0.2) is 6.61 Å². The fourth-order valence-electron chi connectivity index (χ4n) is 2.64. The third-order valence-corrected chi connectivity index (χ3v) is 4.07. The molecule has 0 bridgehead atoms. The molecule has 0 unspecified atom stereocenters. The van der Waals surface area contributed by atoms with Crippen LogP contribution in [0.3, 0.4) is 0 Å². The number of rotatable bonds is 4. The monoisotopic (exact) mass is 397 g/mol. The fourth-order valence-corrected chi connectivity index (χ4v) is 2.89. The van der Waals surface area contributed by atoms with Gasteiger partial charge >= 0.3 is 6.18 Å². The Morgan fingerprint density at radius 2 is 1.96 bits per heavy atom. The Balaban J connectivity index is 2.19. The zero-order valence-electron chi connectivity index (χ0n) is 14.1. The Morgan fingerprint density at radius 1 is 1.26 bits per heavy atom. The first kappa shape index (κ1) is 19.2. The molecule has 3 rings (SSSR count). The number of nitrogens with two attached hydrogens (primary N) is 1. The molecule has 1 atom stereocenters. The van der Waals surface area contributed by atoms with Crippen molar-refractivity contribution in [2.24, 2.45) is 5.73 Å². The summed E-state index contributed by atoms with van der Waals surface area (Å²) in [6.07, 6.45) is -4.47. The van der Waals surface area contributed by atoms with Crippen LogP contribution >= 0.6 is 11.6 Å². The zero-order chi connectivity index (χ0) is 19.8. The first-order valence-corrected chi connectivity index (χ1v) is 8.32. The van der Waals surface area contributed by atoms with E-state index < -0.39 is 24.4 Å². The van der Waals surface area contributed by atoms with Crippen molar-refractivity contribution in [2.75, 3.05) is 6.61 Å². The van der Waals surface area contributed by atoms with Gasteiger partial charge in [-0.3, -0.25) is 9.36 Å². The molecule has 2 N–H and O–H groups in total.